The Morgan fingerprint density at radius 2 is 1.88 bits per heavy atom. The molecule has 1 aromatic heterocycles. The number of benzene rings is 1. The van der Waals surface area contributed by atoms with Crippen molar-refractivity contribution in [2.45, 2.75) is 32.6 Å². The lowest BCUT2D eigenvalue weighted by Crippen LogP contribution is -2.32. The van der Waals surface area contributed by atoms with Gasteiger partial charge in [-0.2, -0.15) is 0 Å². The molecule has 6 nitrogen and oxygen atoms in total. The topological polar surface area (TPSA) is 83.1 Å². The third-order valence-corrected chi connectivity index (χ3v) is 5.48. The number of rotatable bonds is 5. The number of aromatic nitrogens is 1. The van der Waals surface area contributed by atoms with Crippen LogP contribution in [0, 0.1) is 13.8 Å². The summed E-state index contributed by atoms with van der Waals surface area (Å²) in [5, 5.41) is 9.36. The Bertz CT molecular complexity index is 776. The van der Waals surface area contributed by atoms with Gasteiger partial charge in [-0.3, -0.25) is 9.59 Å². The first-order valence-electron chi connectivity index (χ1n) is 8.84. The molecule has 2 heterocycles. The minimum absolute atomic E-state index is 0.0753. The lowest BCUT2D eigenvalue weighted by molar-refractivity contribution is -0.115. The van der Waals surface area contributed by atoms with Crippen LogP contribution < -0.4 is 16.0 Å². The number of piperidine rings is 1. The van der Waals surface area contributed by atoms with Crippen molar-refractivity contribution in [2.75, 3.05) is 25.0 Å². The van der Waals surface area contributed by atoms with E-state index < -0.39 is 0 Å². The maximum Gasteiger partial charge on any atom is 0.251 e. The standard InChI is InChI=1S/C19H24N4O2S/c1-12-7-13(2)9-15(8-12)18(25)21-11-17(24)23-19-22-10-16(26-19)14-3-5-20-6-4-14/h7-10,14,20H,3-6,11H2,1-2H3,(H,21,25)(H,22,23,24). The third-order valence-electron chi connectivity index (χ3n) is 4.40. The van der Waals surface area contributed by atoms with Gasteiger partial charge in [0.15, 0.2) is 5.13 Å². The molecule has 1 saturated heterocycles. The van der Waals surface area contributed by atoms with Gasteiger partial charge in [0.2, 0.25) is 5.91 Å². The number of hydrogen-bond acceptors (Lipinski definition) is 5. The van der Waals surface area contributed by atoms with E-state index in [-0.39, 0.29) is 18.4 Å². The van der Waals surface area contributed by atoms with Crippen LogP contribution in [0.2, 0.25) is 0 Å². The van der Waals surface area contributed by atoms with Crippen molar-refractivity contribution in [1.82, 2.24) is 15.6 Å². The molecule has 1 aromatic carbocycles. The van der Waals surface area contributed by atoms with E-state index in [4.69, 9.17) is 0 Å². The van der Waals surface area contributed by atoms with E-state index in [0.29, 0.717) is 16.6 Å². The predicted octanol–water partition coefficient (Wildman–Crippen LogP) is 2.60. The van der Waals surface area contributed by atoms with Gasteiger partial charge >= 0.3 is 0 Å². The Balaban J connectivity index is 1.51. The highest BCUT2D eigenvalue weighted by Gasteiger charge is 2.18. The van der Waals surface area contributed by atoms with Crippen LogP contribution in [0.3, 0.4) is 0 Å². The first-order valence-corrected chi connectivity index (χ1v) is 9.65. The van der Waals surface area contributed by atoms with Crippen molar-refractivity contribution in [2.24, 2.45) is 0 Å². The highest BCUT2D eigenvalue weighted by Crippen LogP contribution is 2.31. The van der Waals surface area contributed by atoms with Crippen molar-refractivity contribution < 1.29 is 9.59 Å². The highest BCUT2D eigenvalue weighted by atomic mass is 32.1. The molecule has 3 rings (SSSR count). The highest BCUT2D eigenvalue weighted by molar-refractivity contribution is 7.15. The van der Waals surface area contributed by atoms with Crippen LogP contribution in [-0.4, -0.2) is 36.4 Å². The molecule has 1 aliphatic rings. The molecule has 0 aliphatic carbocycles. The molecule has 0 bridgehead atoms. The third kappa shape index (κ3) is 4.89. The van der Waals surface area contributed by atoms with Crippen LogP contribution in [0.25, 0.3) is 0 Å². The van der Waals surface area contributed by atoms with Gasteiger partial charge in [-0.25, -0.2) is 4.98 Å². The fourth-order valence-corrected chi connectivity index (χ4v) is 4.17. The summed E-state index contributed by atoms with van der Waals surface area (Å²) in [5.74, 6) is -0.000848. The number of thiazole rings is 1. The molecule has 0 radical (unpaired) electrons. The van der Waals surface area contributed by atoms with Gasteiger partial charge in [0.1, 0.15) is 0 Å². The first kappa shape index (κ1) is 18.5. The van der Waals surface area contributed by atoms with Crippen molar-refractivity contribution in [3.8, 4) is 0 Å². The lowest BCUT2D eigenvalue weighted by atomic mass is 9.97. The summed E-state index contributed by atoms with van der Waals surface area (Å²) < 4.78 is 0. The van der Waals surface area contributed by atoms with E-state index in [1.165, 1.54) is 16.2 Å². The van der Waals surface area contributed by atoms with Gasteiger partial charge in [0, 0.05) is 16.6 Å². The number of carbonyl (C=O) groups excluding carboxylic acids is 2. The first-order chi connectivity index (χ1) is 12.5. The number of nitrogens with zero attached hydrogens (tertiary/aromatic N) is 1. The van der Waals surface area contributed by atoms with E-state index in [1.54, 1.807) is 0 Å². The van der Waals surface area contributed by atoms with Crippen molar-refractivity contribution >= 4 is 28.3 Å². The van der Waals surface area contributed by atoms with Crippen LogP contribution in [0.1, 0.15) is 45.1 Å². The maximum absolute atomic E-state index is 12.2. The minimum Gasteiger partial charge on any atom is -0.343 e. The normalized spacial score (nSPS) is 14.8. The van der Waals surface area contributed by atoms with Crippen LogP contribution >= 0.6 is 11.3 Å². The average Bonchev–Trinajstić information content (AvgIpc) is 3.08. The summed E-state index contributed by atoms with van der Waals surface area (Å²) in [4.78, 5) is 29.8. The number of anilines is 1. The van der Waals surface area contributed by atoms with E-state index >= 15 is 0 Å². The van der Waals surface area contributed by atoms with Crippen LogP contribution in [0.15, 0.2) is 24.4 Å². The molecule has 2 aromatic rings. The number of hydrogen-bond donors (Lipinski definition) is 3. The Labute approximate surface area is 157 Å². The predicted molar refractivity (Wildman–Crippen MR) is 104 cm³/mol. The molecule has 26 heavy (non-hydrogen) atoms. The molecule has 7 heteroatoms. The Morgan fingerprint density at radius 3 is 2.58 bits per heavy atom. The summed E-state index contributed by atoms with van der Waals surface area (Å²) in [5.41, 5.74) is 2.61. The zero-order valence-electron chi connectivity index (χ0n) is 15.1. The van der Waals surface area contributed by atoms with Crippen molar-refractivity contribution in [1.29, 1.82) is 0 Å². The van der Waals surface area contributed by atoms with Gasteiger partial charge in [-0.1, -0.05) is 17.2 Å². The lowest BCUT2D eigenvalue weighted by Gasteiger charge is -2.20. The Morgan fingerprint density at radius 1 is 1.19 bits per heavy atom. The van der Waals surface area contributed by atoms with E-state index in [9.17, 15) is 9.59 Å². The zero-order chi connectivity index (χ0) is 18.5. The number of carbonyl (C=O) groups is 2. The van der Waals surface area contributed by atoms with Crippen LogP contribution in [0.5, 0.6) is 0 Å². The van der Waals surface area contributed by atoms with Gasteiger partial charge < -0.3 is 16.0 Å². The Kier molecular flexibility index (Phi) is 6.00. The number of amides is 2. The zero-order valence-corrected chi connectivity index (χ0v) is 15.9. The van der Waals surface area contributed by atoms with Crippen LogP contribution in [-0.2, 0) is 4.79 Å². The van der Waals surface area contributed by atoms with Crippen molar-refractivity contribution in [3.05, 3.63) is 46.0 Å². The summed E-state index contributed by atoms with van der Waals surface area (Å²) in [6, 6.07) is 5.63. The molecule has 0 spiro atoms. The van der Waals surface area contributed by atoms with Crippen LogP contribution in [0.4, 0.5) is 5.13 Å². The molecule has 1 aliphatic heterocycles. The second-order valence-corrected chi connectivity index (χ2v) is 7.76. The van der Waals surface area contributed by atoms with Gasteiger partial charge in [0.05, 0.1) is 6.54 Å². The largest absolute Gasteiger partial charge is 0.343 e. The smallest absolute Gasteiger partial charge is 0.251 e. The summed E-state index contributed by atoms with van der Waals surface area (Å²) in [6.45, 7) is 5.86. The quantitative estimate of drug-likeness (QED) is 0.753. The van der Waals surface area contributed by atoms with E-state index in [1.807, 2.05) is 38.2 Å². The molecular formula is C19H24N4O2S. The van der Waals surface area contributed by atoms with Gasteiger partial charge in [-0.05, 0) is 57.8 Å². The molecule has 0 atom stereocenters. The molecule has 3 N–H and O–H groups in total. The van der Waals surface area contributed by atoms with Crippen molar-refractivity contribution in [3.63, 3.8) is 0 Å². The molecule has 1 fully saturated rings. The molecule has 2 amide bonds. The van der Waals surface area contributed by atoms with Gasteiger partial charge in [0.25, 0.3) is 5.91 Å². The second kappa shape index (κ2) is 8.42. The molecule has 138 valence electrons. The summed E-state index contributed by atoms with van der Waals surface area (Å²) >= 11 is 1.52. The Hall–Kier alpha value is -2.25. The monoisotopic (exact) mass is 372 g/mol. The molecule has 0 saturated carbocycles. The number of nitrogens with one attached hydrogen (secondary N) is 3. The number of aryl methyl sites for hydroxylation is 2. The molecule has 0 unspecified atom stereocenters. The second-order valence-electron chi connectivity index (χ2n) is 6.70. The fraction of sp³-hybridized carbons (Fsp3) is 0.421. The SMILES string of the molecule is Cc1cc(C)cc(C(=O)NCC(=O)Nc2ncc(C3CCNCC3)s2)c1. The van der Waals surface area contributed by atoms with E-state index in [0.717, 1.165) is 37.1 Å². The maximum atomic E-state index is 12.2. The summed E-state index contributed by atoms with van der Waals surface area (Å²) in [6.07, 6.45) is 4.05. The van der Waals surface area contributed by atoms with Gasteiger partial charge in [-0.15, -0.1) is 11.3 Å². The van der Waals surface area contributed by atoms with E-state index in [2.05, 4.69) is 20.9 Å². The molecular weight excluding hydrogens is 348 g/mol. The average molecular weight is 372 g/mol. The minimum atomic E-state index is -0.270. The fourth-order valence-electron chi connectivity index (χ4n) is 3.17. The summed E-state index contributed by atoms with van der Waals surface area (Å²) in [7, 11) is 0.